The van der Waals surface area contributed by atoms with E-state index >= 15 is 0 Å². The molecule has 0 atom stereocenters. The Labute approximate surface area is 144 Å². The van der Waals surface area contributed by atoms with Crippen molar-refractivity contribution in [2.24, 2.45) is 7.05 Å². The molecular formula is C14H18ClN3O3S2. The van der Waals surface area contributed by atoms with E-state index < -0.39 is 10.0 Å². The molecule has 0 spiro atoms. The van der Waals surface area contributed by atoms with Gasteiger partial charge in [0, 0.05) is 24.7 Å². The molecule has 23 heavy (non-hydrogen) atoms. The number of amides is 1. The summed E-state index contributed by atoms with van der Waals surface area (Å²) in [6.07, 6.45) is 1.43. The summed E-state index contributed by atoms with van der Waals surface area (Å²) >= 11 is 7.34. The minimum absolute atomic E-state index is 0.0704. The number of thiophene rings is 1. The van der Waals surface area contributed by atoms with Gasteiger partial charge in [-0.25, -0.2) is 13.1 Å². The zero-order valence-electron chi connectivity index (χ0n) is 13.0. The number of halogens is 1. The van der Waals surface area contributed by atoms with Gasteiger partial charge in [-0.2, -0.15) is 0 Å². The van der Waals surface area contributed by atoms with Crippen molar-refractivity contribution >= 4 is 38.9 Å². The molecule has 126 valence electrons. The van der Waals surface area contributed by atoms with Crippen molar-refractivity contribution in [2.75, 3.05) is 13.6 Å². The van der Waals surface area contributed by atoms with Crippen molar-refractivity contribution in [1.29, 1.82) is 0 Å². The molecule has 2 aromatic heterocycles. The molecule has 0 aliphatic carbocycles. The highest BCUT2D eigenvalue weighted by Gasteiger charge is 2.22. The topological polar surface area (TPSA) is 71.4 Å². The molecule has 0 unspecified atom stereocenters. The summed E-state index contributed by atoms with van der Waals surface area (Å²) in [6.45, 7) is 2.82. The Balaban J connectivity index is 2.27. The number of carbonyl (C=O) groups is 1. The average Bonchev–Trinajstić information content (AvgIpc) is 3.10. The van der Waals surface area contributed by atoms with E-state index in [1.165, 1.54) is 35.2 Å². The Bertz CT molecular complexity index is 811. The smallest absolute Gasteiger partial charge is 0.270 e. The van der Waals surface area contributed by atoms with Crippen LogP contribution in [0.3, 0.4) is 0 Å². The fourth-order valence-electron chi connectivity index (χ4n) is 2.13. The Morgan fingerprint density at radius 2 is 2.13 bits per heavy atom. The Morgan fingerprint density at radius 1 is 1.43 bits per heavy atom. The van der Waals surface area contributed by atoms with Gasteiger partial charge in [0.05, 0.1) is 10.9 Å². The molecule has 1 amide bonds. The van der Waals surface area contributed by atoms with Crippen LogP contribution in [0.25, 0.3) is 0 Å². The summed E-state index contributed by atoms with van der Waals surface area (Å²) < 4.78 is 28.2. The molecule has 0 fully saturated rings. The first-order chi connectivity index (χ1) is 10.8. The van der Waals surface area contributed by atoms with E-state index in [4.69, 9.17) is 11.6 Å². The predicted octanol–water partition coefficient (Wildman–Crippen LogP) is 2.31. The van der Waals surface area contributed by atoms with Crippen molar-refractivity contribution in [2.45, 2.75) is 18.4 Å². The van der Waals surface area contributed by atoms with E-state index in [2.05, 4.69) is 4.72 Å². The second kappa shape index (κ2) is 7.04. The first kappa shape index (κ1) is 18.0. The first-order valence-electron chi connectivity index (χ1n) is 6.92. The number of carbonyl (C=O) groups excluding carboxylic acids is 1. The van der Waals surface area contributed by atoms with Crippen molar-refractivity contribution in [3.63, 3.8) is 0 Å². The summed E-state index contributed by atoms with van der Waals surface area (Å²) in [7, 11) is -0.592. The number of nitrogens with one attached hydrogen (secondary N) is 1. The Kier molecular flexibility index (Phi) is 5.51. The lowest BCUT2D eigenvalue weighted by Gasteiger charge is -2.20. The highest BCUT2D eigenvalue weighted by Crippen LogP contribution is 2.23. The van der Waals surface area contributed by atoms with E-state index in [0.29, 0.717) is 23.1 Å². The van der Waals surface area contributed by atoms with Gasteiger partial charge >= 0.3 is 0 Å². The first-order valence-corrected chi connectivity index (χ1v) is 9.59. The molecule has 9 heteroatoms. The van der Waals surface area contributed by atoms with E-state index in [1.807, 2.05) is 13.0 Å². The zero-order valence-corrected chi connectivity index (χ0v) is 15.4. The third-order valence-electron chi connectivity index (χ3n) is 3.42. The number of hydrogen-bond acceptors (Lipinski definition) is 4. The number of rotatable bonds is 6. The maximum absolute atomic E-state index is 12.7. The van der Waals surface area contributed by atoms with Crippen molar-refractivity contribution in [3.05, 3.63) is 39.3 Å². The molecule has 0 aromatic carbocycles. The largest absolute Gasteiger partial charge is 0.345 e. The van der Waals surface area contributed by atoms with Gasteiger partial charge in [0.1, 0.15) is 10.6 Å². The van der Waals surface area contributed by atoms with Gasteiger partial charge in [0.2, 0.25) is 10.0 Å². The Morgan fingerprint density at radius 3 is 2.65 bits per heavy atom. The van der Waals surface area contributed by atoms with Gasteiger partial charge in [-0.05, 0) is 32.2 Å². The molecule has 0 radical (unpaired) electrons. The van der Waals surface area contributed by atoms with Crippen molar-refractivity contribution in [1.82, 2.24) is 14.2 Å². The lowest BCUT2D eigenvalue weighted by molar-refractivity contribution is 0.0744. The fourth-order valence-corrected chi connectivity index (χ4v) is 4.03. The van der Waals surface area contributed by atoms with E-state index in [1.54, 1.807) is 18.0 Å². The van der Waals surface area contributed by atoms with E-state index in [9.17, 15) is 13.2 Å². The lowest BCUT2D eigenvalue weighted by Crippen LogP contribution is -2.31. The van der Waals surface area contributed by atoms with Crippen LogP contribution in [0, 0.1) is 0 Å². The monoisotopic (exact) mass is 375 g/mol. The van der Waals surface area contributed by atoms with Crippen LogP contribution in [0.4, 0.5) is 0 Å². The SMILES string of the molecule is CCN(Cc1ccc(Cl)s1)C(=O)c1cc(S(=O)(=O)NC)cn1C. The van der Waals surface area contributed by atoms with E-state index in [0.717, 1.165) is 4.88 Å². The molecule has 2 heterocycles. The van der Waals surface area contributed by atoms with Gasteiger partial charge in [-0.1, -0.05) is 11.6 Å². The molecule has 0 aliphatic rings. The highest BCUT2D eigenvalue weighted by atomic mass is 35.5. The summed E-state index contributed by atoms with van der Waals surface area (Å²) in [5, 5.41) is 0. The number of aromatic nitrogens is 1. The minimum Gasteiger partial charge on any atom is -0.345 e. The highest BCUT2D eigenvalue weighted by molar-refractivity contribution is 7.89. The fraction of sp³-hybridized carbons (Fsp3) is 0.357. The lowest BCUT2D eigenvalue weighted by atomic mass is 10.3. The zero-order chi connectivity index (χ0) is 17.2. The van der Waals surface area contributed by atoms with Gasteiger partial charge in [-0.15, -0.1) is 11.3 Å². The number of sulfonamides is 1. The third kappa shape index (κ3) is 3.95. The molecule has 0 saturated heterocycles. The van der Waals surface area contributed by atoms with Gasteiger partial charge in [0.25, 0.3) is 5.91 Å². The second-order valence-electron chi connectivity index (χ2n) is 4.90. The van der Waals surface area contributed by atoms with Gasteiger partial charge < -0.3 is 9.47 Å². The molecule has 0 aliphatic heterocycles. The van der Waals surface area contributed by atoms with Crippen LogP contribution in [-0.2, 0) is 23.6 Å². The second-order valence-corrected chi connectivity index (χ2v) is 8.59. The maximum atomic E-state index is 12.7. The average molecular weight is 376 g/mol. The molecule has 1 N–H and O–H groups in total. The maximum Gasteiger partial charge on any atom is 0.270 e. The molecule has 0 saturated carbocycles. The summed E-state index contributed by atoms with van der Waals surface area (Å²) in [5.74, 6) is -0.225. The quantitative estimate of drug-likeness (QED) is 0.842. The molecule has 2 rings (SSSR count). The number of hydrogen-bond donors (Lipinski definition) is 1. The summed E-state index contributed by atoms with van der Waals surface area (Å²) in [6, 6.07) is 5.06. The number of aryl methyl sites for hydroxylation is 1. The standard InChI is InChI=1S/C14H18ClN3O3S2/c1-4-18(8-10-5-6-13(15)22-10)14(19)12-7-11(9-17(12)3)23(20,21)16-2/h5-7,9,16H,4,8H2,1-3H3. The number of nitrogens with zero attached hydrogens (tertiary/aromatic N) is 2. The van der Waals surface area contributed by atoms with Crippen LogP contribution in [0.15, 0.2) is 29.3 Å². The van der Waals surface area contributed by atoms with Crippen LogP contribution in [-0.4, -0.2) is 37.4 Å². The van der Waals surface area contributed by atoms with Crippen LogP contribution < -0.4 is 4.72 Å². The third-order valence-corrected chi connectivity index (χ3v) is 6.02. The van der Waals surface area contributed by atoms with Gasteiger partial charge in [0.15, 0.2) is 0 Å². The summed E-state index contributed by atoms with van der Waals surface area (Å²) in [4.78, 5) is 15.4. The molecule has 6 nitrogen and oxygen atoms in total. The molecular weight excluding hydrogens is 358 g/mol. The van der Waals surface area contributed by atoms with Crippen LogP contribution in [0.2, 0.25) is 4.34 Å². The van der Waals surface area contributed by atoms with Gasteiger partial charge in [-0.3, -0.25) is 4.79 Å². The van der Waals surface area contributed by atoms with Crippen LogP contribution in [0.1, 0.15) is 22.3 Å². The van der Waals surface area contributed by atoms with E-state index in [-0.39, 0.29) is 10.8 Å². The molecule has 2 aromatic rings. The minimum atomic E-state index is -3.58. The van der Waals surface area contributed by atoms with Crippen LogP contribution >= 0.6 is 22.9 Å². The van der Waals surface area contributed by atoms with Crippen molar-refractivity contribution in [3.8, 4) is 0 Å². The Hall–Kier alpha value is -1.35. The normalized spacial score (nSPS) is 11.7. The molecule has 0 bridgehead atoms. The summed E-state index contributed by atoms with van der Waals surface area (Å²) in [5.41, 5.74) is 0.323. The van der Waals surface area contributed by atoms with Crippen molar-refractivity contribution < 1.29 is 13.2 Å². The predicted molar refractivity (Wildman–Crippen MR) is 91.4 cm³/mol. The van der Waals surface area contributed by atoms with Crippen LogP contribution in [0.5, 0.6) is 0 Å².